The van der Waals surface area contributed by atoms with Crippen LogP contribution >= 0.6 is 23.5 Å². The van der Waals surface area contributed by atoms with E-state index in [1.54, 1.807) is 47.4 Å². The molecule has 0 aliphatic carbocycles. The first-order chi connectivity index (χ1) is 16.3. The Hall–Kier alpha value is -2.79. The Labute approximate surface area is 205 Å². The van der Waals surface area contributed by atoms with Crippen LogP contribution in [0.5, 0.6) is 11.5 Å². The largest absolute Gasteiger partial charge is 0.497 e. The van der Waals surface area contributed by atoms with Crippen molar-refractivity contribution in [3.63, 3.8) is 0 Å². The lowest BCUT2D eigenvalue weighted by molar-refractivity contribution is -0.128. The first kappa shape index (κ1) is 25.8. The molecule has 11 heteroatoms. The van der Waals surface area contributed by atoms with Crippen molar-refractivity contribution >= 4 is 51.9 Å². The van der Waals surface area contributed by atoms with Crippen LogP contribution in [0.1, 0.15) is 19.8 Å². The van der Waals surface area contributed by atoms with Gasteiger partial charge in [-0.3, -0.25) is 14.5 Å². The second-order valence-corrected chi connectivity index (χ2v) is 9.42. The highest BCUT2D eigenvalue weighted by Gasteiger charge is 2.38. The number of hydrogen-bond acceptors (Lipinski definition) is 7. The van der Waals surface area contributed by atoms with Crippen molar-refractivity contribution in [1.29, 1.82) is 0 Å². The number of amidine groups is 1. The number of carbonyl (C=O) groups excluding carboxylic acids is 2. The highest BCUT2D eigenvalue weighted by atomic mass is 32.2. The standard InChI is InChI=1S/C23H25F2N3O4S2/c1-4-11-28-21(30)19(13-20(29)27-17-12-15(31-2)7-10-18(17)32-3)34-23(28)26-14-5-8-16(9-6-14)33-22(24)25/h5-10,12,19,22H,4,11,13H2,1-3H3,(H,27,29)/t19-/m1/s1. The number of carbonyl (C=O) groups is 2. The second kappa shape index (κ2) is 12.1. The van der Waals surface area contributed by atoms with E-state index in [-0.39, 0.29) is 18.2 Å². The number of nitrogens with zero attached hydrogens (tertiary/aromatic N) is 2. The molecule has 0 spiro atoms. The van der Waals surface area contributed by atoms with E-state index in [0.29, 0.717) is 51.2 Å². The molecule has 0 saturated carbocycles. The molecule has 2 aromatic rings. The number of aliphatic imine (C=N–C) groups is 1. The quantitative estimate of drug-likeness (QED) is 0.433. The fraction of sp³-hybridized carbons (Fsp3) is 0.348. The fourth-order valence-corrected chi connectivity index (χ4v) is 4.93. The summed E-state index contributed by atoms with van der Waals surface area (Å²) in [6.45, 7) is 2.41. The minimum atomic E-state index is -2.50. The van der Waals surface area contributed by atoms with Crippen LogP contribution in [0.4, 0.5) is 20.2 Å². The number of thioether (sulfide) groups is 2. The van der Waals surface area contributed by atoms with Gasteiger partial charge in [-0.1, -0.05) is 30.4 Å². The van der Waals surface area contributed by atoms with E-state index in [9.17, 15) is 18.4 Å². The van der Waals surface area contributed by atoms with Crippen molar-refractivity contribution in [2.45, 2.75) is 35.7 Å². The molecule has 182 valence electrons. The van der Waals surface area contributed by atoms with Crippen LogP contribution in [0.25, 0.3) is 0 Å². The molecule has 2 amide bonds. The highest BCUT2D eigenvalue weighted by molar-refractivity contribution is 8.15. The lowest BCUT2D eigenvalue weighted by atomic mass is 10.2. The molecule has 7 nitrogen and oxygen atoms in total. The molecule has 1 aliphatic heterocycles. The number of rotatable bonds is 10. The lowest BCUT2D eigenvalue weighted by Crippen LogP contribution is -2.34. The predicted octanol–water partition coefficient (Wildman–Crippen LogP) is 5.39. The van der Waals surface area contributed by atoms with E-state index < -0.39 is 11.0 Å². The Kier molecular flexibility index (Phi) is 9.17. The van der Waals surface area contributed by atoms with E-state index in [4.69, 9.17) is 9.47 Å². The van der Waals surface area contributed by atoms with Crippen LogP contribution in [0.15, 0.2) is 52.4 Å². The summed E-state index contributed by atoms with van der Waals surface area (Å²) in [7, 11) is 3.02. The molecule has 2 aromatic carbocycles. The van der Waals surface area contributed by atoms with Gasteiger partial charge in [0, 0.05) is 23.9 Å². The van der Waals surface area contributed by atoms with E-state index in [0.717, 1.165) is 6.42 Å². The van der Waals surface area contributed by atoms with Crippen molar-refractivity contribution in [3.8, 4) is 11.5 Å². The number of ether oxygens (including phenoxy) is 2. The van der Waals surface area contributed by atoms with Gasteiger partial charge in [0.15, 0.2) is 5.17 Å². The summed E-state index contributed by atoms with van der Waals surface area (Å²) in [6, 6.07) is 11.4. The molecular formula is C23H25F2N3O4S2. The summed E-state index contributed by atoms with van der Waals surface area (Å²) >= 11 is 1.68. The number of benzene rings is 2. The Morgan fingerprint density at radius 1 is 1.21 bits per heavy atom. The van der Waals surface area contributed by atoms with E-state index in [2.05, 4.69) is 10.3 Å². The molecule has 1 heterocycles. The maximum absolute atomic E-state index is 13.0. The number of nitrogens with one attached hydrogen (secondary N) is 1. The van der Waals surface area contributed by atoms with Gasteiger partial charge in [-0.05, 0) is 42.8 Å². The first-order valence-electron chi connectivity index (χ1n) is 10.5. The summed E-state index contributed by atoms with van der Waals surface area (Å²) in [5, 5.41) is 2.64. The zero-order valence-corrected chi connectivity index (χ0v) is 20.6. The fourth-order valence-electron chi connectivity index (χ4n) is 3.25. The van der Waals surface area contributed by atoms with Gasteiger partial charge in [-0.2, -0.15) is 8.78 Å². The molecular weight excluding hydrogens is 484 g/mol. The molecule has 1 aliphatic rings. The topological polar surface area (TPSA) is 80.2 Å². The third-order valence-electron chi connectivity index (χ3n) is 4.81. The van der Waals surface area contributed by atoms with Gasteiger partial charge in [0.2, 0.25) is 11.8 Å². The third-order valence-corrected chi connectivity index (χ3v) is 6.70. The summed E-state index contributed by atoms with van der Waals surface area (Å²) in [6.07, 6.45) is 0.669. The number of halogens is 2. The van der Waals surface area contributed by atoms with Crippen molar-refractivity contribution in [2.75, 3.05) is 26.1 Å². The van der Waals surface area contributed by atoms with Crippen LogP contribution < -0.4 is 14.8 Å². The molecule has 1 atom stereocenters. The van der Waals surface area contributed by atoms with Crippen molar-refractivity contribution < 1.29 is 27.8 Å². The zero-order valence-electron chi connectivity index (χ0n) is 18.9. The van der Waals surface area contributed by atoms with Gasteiger partial charge in [-0.25, -0.2) is 4.99 Å². The smallest absolute Gasteiger partial charge is 0.288 e. The number of amides is 2. The predicted molar refractivity (Wildman–Crippen MR) is 132 cm³/mol. The Morgan fingerprint density at radius 2 is 1.94 bits per heavy atom. The third kappa shape index (κ3) is 6.63. The number of hydrogen-bond donors (Lipinski definition) is 1. The Balaban J connectivity index is 1.73. The molecule has 0 aromatic heterocycles. The second-order valence-electron chi connectivity index (χ2n) is 7.18. The van der Waals surface area contributed by atoms with Crippen molar-refractivity contribution in [3.05, 3.63) is 42.5 Å². The lowest BCUT2D eigenvalue weighted by Gasteiger charge is -2.15. The van der Waals surface area contributed by atoms with E-state index >= 15 is 0 Å². The molecule has 0 unspecified atom stereocenters. The van der Waals surface area contributed by atoms with Gasteiger partial charge >= 0.3 is 0 Å². The van der Waals surface area contributed by atoms with Crippen LogP contribution in [0.2, 0.25) is 0 Å². The first-order valence-corrected chi connectivity index (χ1v) is 12.2. The Morgan fingerprint density at radius 3 is 2.56 bits per heavy atom. The van der Waals surface area contributed by atoms with Crippen molar-refractivity contribution in [2.24, 2.45) is 4.99 Å². The van der Waals surface area contributed by atoms with Gasteiger partial charge < -0.3 is 14.8 Å². The molecule has 3 rings (SSSR count). The van der Waals surface area contributed by atoms with Crippen LogP contribution in [-0.2, 0) is 9.59 Å². The normalized spacial score (nSPS) is 16.9. The van der Waals surface area contributed by atoms with Gasteiger partial charge in [0.1, 0.15) is 16.7 Å². The van der Waals surface area contributed by atoms with Crippen molar-refractivity contribution in [1.82, 2.24) is 4.90 Å². The van der Waals surface area contributed by atoms with Gasteiger partial charge in [0.25, 0.3) is 5.76 Å². The SMILES string of the molecule is CCCN1C(=O)[C@@H](CC(=O)Nc2cc(OC)ccc2OC)SC1=Nc1ccc(SC(F)F)cc1. The molecule has 1 saturated heterocycles. The molecule has 0 bridgehead atoms. The van der Waals surface area contributed by atoms with Gasteiger partial charge in [-0.15, -0.1) is 0 Å². The molecule has 1 N–H and O–H groups in total. The summed E-state index contributed by atoms with van der Waals surface area (Å²) in [5.41, 5.74) is 0.990. The maximum Gasteiger partial charge on any atom is 0.288 e. The van der Waals surface area contributed by atoms with Crippen LogP contribution in [-0.4, -0.2) is 53.7 Å². The average molecular weight is 510 g/mol. The van der Waals surface area contributed by atoms with Gasteiger partial charge in [0.05, 0.1) is 25.6 Å². The van der Waals surface area contributed by atoms with E-state index in [1.807, 2.05) is 6.92 Å². The molecule has 1 fully saturated rings. The Bertz CT molecular complexity index is 1050. The number of alkyl halides is 2. The molecule has 34 heavy (non-hydrogen) atoms. The van der Waals surface area contributed by atoms with Crippen LogP contribution in [0, 0.1) is 0 Å². The minimum Gasteiger partial charge on any atom is -0.497 e. The number of methoxy groups -OCH3 is 2. The number of anilines is 1. The summed E-state index contributed by atoms with van der Waals surface area (Å²) in [4.78, 5) is 32.3. The highest BCUT2D eigenvalue weighted by Crippen LogP contribution is 2.34. The molecule has 0 radical (unpaired) electrons. The van der Waals surface area contributed by atoms with Crippen LogP contribution in [0.3, 0.4) is 0 Å². The minimum absolute atomic E-state index is 0.0485. The average Bonchev–Trinajstić information content (AvgIpc) is 3.09. The zero-order chi connectivity index (χ0) is 24.7. The summed E-state index contributed by atoms with van der Waals surface area (Å²) < 4.78 is 35.6. The summed E-state index contributed by atoms with van der Waals surface area (Å²) in [5.74, 6) is -2.00. The van der Waals surface area contributed by atoms with E-state index in [1.165, 1.54) is 26.0 Å². The maximum atomic E-state index is 13.0. The monoisotopic (exact) mass is 509 g/mol.